The summed E-state index contributed by atoms with van der Waals surface area (Å²) in [5, 5.41) is 3.63. The maximum atomic E-state index is 3.63. The molecule has 0 amide bonds. The van der Waals surface area contributed by atoms with Crippen LogP contribution in [-0.4, -0.2) is 30.6 Å². The Morgan fingerprint density at radius 3 is 2.22 bits per heavy atom. The highest BCUT2D eigenvalue weighted by Crippen LogP contribution is 2.09. The number of hydrogen-bond acceptors (Lipinski definition) is 2. The number of nitrogens with zero attached hydrogens (tertiary/aromatic N) is 1. The minimum Gasteiger partial charge on any atom is -0.309 e. The third kappa shape index (κ3) is 4.79. The zero-order chi connectivity index (χ0) is 13.4. The van der Waals surface area contributed by atoms with Crippen LogP contribution in [0, 0.1) is 0 Å². The van der Waals surface area contributed by atoms with E-state index in [9.17, 15) is 0 Å². The average molecular weight is 248 g/mol. The third-order valence-corrected chi connectivity index (χ3v) is 3.57. The molecule has 0 saturated heterocycles. The van der Waals surface area contributed by atoms with E-state index >= 15 is 0 Å². The lowest BCUT2D eigenvalue weighted by molar-refractivity contribution is 0.270. The molecular formula is C16H28N2. The van der Waals surface area contributed by atoms with E-state index in [-0.39, 0.29) is 0 Å². The monoisotopic (exact) mass is 248 g/mol. The Morgan fingerprint density at radius 2 is 1.67 bits per heavy atom. The fraction of sp³-hybridized carbons (Fsp3) is 0.625. The molecule has 1 aromatic rings. The molecule has 0 saturated carbocycles. The minimum absolute atomic E-state index is 0.537. The zero-order valence-corrected chi connectivity index (χ0v) is 12.4. The van der Waals surface area contributed by atoms with Crippen LogP contribution in [0.1, 0.15) is 38.8 Å². The quantitative estimate of drug-likeness (QED) is 0.760. The molecule has 0 radical (unpaired) electrons. The van der Waals surface area contributed by atoms with Crippen molar-refractivity contribution in [3.8, 4) is 0 Å². The molecule has 1 N–H and O–H groups in total. The second-order valence-electron chi connectivity index (χ2n) is 4.89. The van der Waals surface area contributed by atoms with E-state index in [1.54, 1.807) is 0 Å². The second-order valence-corrected chi connectivity index (χ2v) is 4.89. The summed E-state index contributed by atoms with van der Waals surface area (Å²) < 4.78 is 0. The van der Waals surface area contributed by atoms with Crippen molar-refractivity contribution in [1.82, 2.24) is 10.2 Å². The predicted octanol–water partition coefficient (Wildman–Crippen LogP) is 3.07. The van der Waals surface area contributed by atoms with Crippen LogP contribution in [0.5, 0.6) is 0 Å². The Bertz CT molecular complexity index is 332. The van der Waals surface area contributed by atoms with E-state index in [4.69, 9.17) is 0 Å². The first kappa shape index (κ1) is 15.2. The van der Waals surface area contributed by atoms with Crippen LogP contribution in [0.3, 0.4) is 0 Å². The Morgan fingerprint density at radius 1 is 1.06 bits per heavy atom. The highest BCUT2D eigenvalue weighted by Gasteiger charge is 2.07. The molecule has 0 bridgehead atoms. The van der Waals surface area contributed by atoms with Gasteiger partial charge in [0.1, 0.15) is 0 Å². The summed E-state index contributed by atoms with van der Waals surface area (Å²) in [5.41, 5.74) is 2.89. The molecule has 102 valence electrons. The van der Waals surface area contributed by atoms with Crippen molar-refractivity contribution in [2.24, 2.45) is 0 Å². The van der Waals surface area contributed by atoms with E-state index in [0.29, 0.717) is 6.04 Å². The number of nitrogens with one attached hydrogen (secondary N) is 1. The van der Waals surface area contributed by atoms with Crippen LogP contribution in [0.4, 0.5) is 0 Å². The maximum Gasteiger partial charge on any atom is 0.0211 e. The first-order chi connectivity index (χ1) is 8.71. The molecule has 1 aromatic carbocycles. The predicted molar refractivity (Wildman–Crippen MR) is 79.9 cm³/mol. The van der Waals surface area contributed by atoms with Crippen LogP contribution < -0.4 is 5.32 Å². The number of hydrogen-bond donors (Lipinski definition) is 1. The highest BCUT2D eigenvalue weighted by molar-refractivity contribution is 5.26. The van der Waals surface area contributed by atoms with Gasteiger partial charge in [-0.25, -0.2) is 0 Å². The highest BCUT2D eigenvalue weighted by atomic mass is 15.1. The zero-order valence-electron chi connectivity index (χ0n) is 12.4. The van der Waals surface area contributed by atoms with Crippen molar-refractivity contribution in [2.75, 3.05) is 19.6 Å². The summed E-state index contributed by atoms with van der Waals surface area (Å²) in [6.07, 6.45) is 1.11. The SMILES string of the molecule is CCc1ccccc1CNC(C)CN(CC)CC. The lowest BCUT2D eigenvalue weighted by atomic mass is 10.1. The Hall–Kier alpha value is -0.860. The van der Waals surface area contributed by atoms with Gasteiger partial charge < -0.3 is 10.2 Å². The Kier molecular flexibility index (Phi) is 6.99. The number of likely N-dealkylation sites (N-methyl/N-ethyl adjacent to an activating group) is 1. The number of benzene rings is 1. The van der Waals surface area contributed by atoms with E-state index in [1.807, 2.05) is 0 Å². The standard InChI is InChI=1S/C16H28N2/c1-5-15-10-8-9-11-16(15)12-17-14(4)13-18(6-2)7-3/h8-11,14,17H,5-7,12-13H2,1-4H3. The van der Waals surface area contributed by atoms with Crippen molar-refractivity contribution in [2.45, 2.75) is 46.7 Å². The van der Waals surface area contributed by atoms with Crippen molar-refractivity contribution >= 4 is 0 Å². The summed E-state index contributed by atoms with van der Waals surface area (Å²) in [6.45, 7) is 13.3. The molecule has 0 fully saturated rings. The van der Waals surface area contributed by atoms with E-state index in [0.717, 1.165) is 32.6 Å². The fourth-order valence-electron chi connectivity index (χ4n) is 2.29. The molecule has 2 nitrogen and oxygen atoms in total. The molecular weight excluding hydrogens is 220 g/mol. The van der Waals surface area contributed by atoms with Crippen LogP contribution in [0.2, 0.25) is 0 Å². The molecule has 1 atom stereocenters. The van der Waals surface area contributed by atoms with Gasteiger partial charge in [-0.05, 0) is 37.6 Å². The van der Waals surface area contributed by atoms with E-state index in [2.05, 4.69) is 62.2 Å². The molecule has 18 heavy (non-hydrogen) atoms. The van der Waals surface area contributed by atoms with Gasteiger partial charge in [-0.2, -0.15) is 0 Å². The third-order valence-electron chi connectivity index (χ3n) is 3.57. The van der Waals surface area contributed by atoms with Crippen molar-refractivity contribution < 1.29 is 0 Å². The molecule has 1 rings (SSSR count). The molecule has 0 aromatic heterocycles. The first-order valence-corrected chi connectivity index (χ1v) is 7.23. The van der Waals surface area contributed by atoms with Crippen LogP contribution >= 0.6 is 0 Å². The van der Waals surface area contributed by atoms with Gasteiger partial charge in [-0.15, -0.1) is 0 Å². The number of rotatable bonds is 8. The average Bonchev–Trinajstić information content (AvgIpc) is 2.42. The first-order valence-electron chi connectivity index (χ1n) is 7.23. The van der Waals surface area contributed by atoms with E-state index < -0.39 is 0 Å². The fourth-order valence-corrected chi connectivity index (χ4v) is 2.29. The van der Waals surface area contributed by atoms with Crippen molar-refractivity contribution in [3.05, 3.63) is 35.4 Å². The number of aryl methyl sites for hydroxylation is 1. The molecule has 1 unspecified atom stereocenters. The molecule has 0 aliphatic rings. The summed E-state index contributed by atoms with van der Waals surface area (Å²) >= 11 is 0. The van der Waals surface area contributed by atoms with Crippen LogP contribution in [-0.2, 0) is 13.0 Å². The summed E-state index contributed by atoms with van der Waals surface area (Å²) in [5.74, 6) is 0. The van der Waals surface area contributed by atoms with Crippen LogP contribution in [0.25, 0.3) is 0 Å². The van der Waals surface area contributed by atoms with Gasteiger partial charge >= 0.3 is 0 Å². The van der Waals surface area contributed by atoms with Crippen molar-refractivity contribution in [1.29, 1.82) is 0 Å². The molecule has 0 aliphatic heterocycles. The van der Waals surface area contributed by atoms with Crippen molar-refractivity contribution in [3.63, 3.8) is 0 Å². The molecule has 0 heterocycles. The summed E-state index contributed by atoms with van der Waals surface area (Å²) in [4.78, 5) is 2.46. The lowest BCUT2D eigenvalue weighted by Crippen LogP contribution is -2.38. The molecule has 0 spiro atoms. The van der Waals surface area contributed by atoms with Gasteiger partial charge in [-0.3, -0.25) is 0 Å². The van der Waals surface area contributed by atoms with E-state index in [1.165, 1.54) is 11.1 Å². The smallest absolute Gasteiger partial charge is 0.0211 e. The second kappa shape index (κ2) is 8.28. The topological polar surface area (TPSA) is 15.3 Å². The van der Waals surface area contributed by atoms with Gasteiger partial charge in [0.05, 0.1) is 0 Å². The molecule has 2 heteroatoms. The normalized spacial score (nSPS) is 12.9. The Balaban J connectivity index is 2.44. The Labute approximate surface area is 112 Å². The minimum atomic E-state index is 0.537. The van der Waals surface area contributed by atoms with Crippen LogP contribution in [0.15, 0.2) is 24.3 Å². The maximum absolute atomic E-state index is 3.63. The summed E-state index contributed by atoms with van der Waals surface area (Å²) in [6, 6.07) is 9.25. The molecule has 0 aliphatic carbocycles. The van der Waals surface area contributed by atoms with Gasteiger partial charge in [0.25, 0.3) is 0 Å². The van der Waals surface area contributed by atoms with Gasteiger partial charge in [0.15, 0.2) is 0 Å². The van der Waals surface area contributed by atoms with Gasteiger partial charge in [0, 0.05) is 19.1 Å². The lowest BCUT2D eigenvalue weighted by Gasteiger charge is -2.23. The van der Waals surface area contributed by atoms with Gasteiger partial charge in [0.2, 0.25) is 0 Å². The largest absolute Gasteiger partial charge is 0.309 e. The van der Waals surface area contributed by atoms with Gasteiger partial charge in [-0.1, -0.05) is 45.0 Å². The summed E-state index contributed by atoms with van der Waals surface area (Å²) in [7, 11) is 0.